The van der Waals surface area contributed by atoms with Gasteiger partial charge in [0.05, 0.1) is 12.2 Å². The lowest BCUT2D eigenvalue weighted by Crippen LogP contribution is -2.58. The maximum Gasteiger partial charge on any atom is 0.229 e. The van der Waals surface area contributed by atoms with Crippen LogP contribution >= 0.6 is 0 Å². The molecule has 0 aromatic carbocycles. The Kier molecular flexibility index (Phi) is 4.98. The molecule has 0 unspecified atom stereocenters. The standard InChI is InChI=1S/C20H28N6O2/c1-25(13-18-21-20(28-24-18)14-6-8-27-9-7-14)16-11-26(12-16)19-10-15-4-2-3-5-17(15)22-23-19/h10,14,16H,2-9,11-13H2,1H3. The molecule has 2 aromatic rings. The second kappa shape index (κ2) is 7.75. The fraction of sp³-hybridized carbons (Fsp3) is 0.700. The van der Waals surface area contributed by atoms with Crippen LogP contribution in [-0.4, -0.2) is 64.6 Å². The maximum atomic E-state index is 5.51. The van der Waals surface area contributed by atoms with E-state index in [9.17, 15) is 0 Å². The van der Waals surface area contributed by atoms with Crippen LogP contribution in [0.15, 0.2) is 10.6 Å². The van der Waals surface area contributed by atoms with Gasteiger partial charge in [-0.15, -0.1) is 5.10 Å². The molecule has 1 aliphatic carbocycles. The minimum absolute atomic E-state index is 0.349. The van der Waals surface area contributed by atoms with Gasteiger partial charge in [0.2, 0.25) is 5.89 Å². The summed E-state index contributed by atoms with van der Waals surface area (Å²) in [7, 11) is 2.13. The summed E-state index contributed by atoms with van der Waals surface area (Å²) in [6.07, 6.45) is 6.67. The molecule has 2 saturated heterocycles. The quantitative estimate of drug-likeness (QED) is 0.774. The Balaban J connectivity index is 1.15. The van der Waals surface area contributed by atoms with Crippen molar-refractivity contribution in [3.05, 3.63) is 29.0 Å². The van der Waals surface area contributed by atoms with Gasteiger partial charge < -0.3 is 14.2 Å². The van der Waals surface area contributed by atoms with Crippen molar-refractivity contribution < 1.29 is 9.26 Å². The van der Waals surface area contributed by atoms with Gasteiger partial charge in [-0.25, -0.2) is 0 Å². The van der Waals surface area contributed by atoms with Crippen LogP contribution in [0.3, 0.4) is 0 Å². The Labute approximate surface area is 165 Å². The summed E-state index contributed by atoms with van der Waals surface area (Å²) in [5.41, 5.74) is 2.59. The average Bonchev–Trinajstić information content (AvgIpc) is 3.16. The molecule has 150 valence electrons. The van der Waals surface area contributed by atoms with Gasteiger partial charge in [-0.3, -0.25) is 4.90 Å². The SMILES string of the molecule is CN(Cc1noc(C2CCOCC2)n1)C1CN(c2cc3c(nn2)CCCC3)C1. The molecule has 0 N–H and O–H groups in total. The van der Waals surface area contributed by atoms with E-state index >= 15 is 0 Å². The number of aromatic nitrogens is 4. The Morgan fingerprint density at radius 3 is 2.82 bits per heavy atom. The van der Waals surface area contributed by atoms with Gasteiger partial charge in [0.1, 0.15) is 0 Å². The van der Waals surface area contributed by atoms with Gasteiger partial charge in [-0.1, -0.05) is 5.16 Å². The first-order valence-corrected chi connectivity index (χ1v) is 10.5. The number of ether oxygens (including phenoxy) is 1. The number of fused-ring (bicyclic) bond motifs is 1. The lowest BCUT2D eigenvalue weighted by Gasteiger charge is -2.44. The van der Waals surface area contributed by atoms with Crippen LogP contribution in [0.1, 0.15) is 54.6 Å². The van der Waals surface area contributed by atoms with Crippen molar-refractivity contribution in [2.24, 2.45) is 0 Å². The second-order valence-electron chi connectivity index (χ2n) is 8.29. The number of anilines is 1. The molecule has 8 heteroatoms. The molecular formula is C20H28N6O2. The molecule has 5 rings (SSSR count). The fourth-order valence-electron chi connectivity index (χ4n) is 4.35. The molecule has 0 saturated carbocycles. The van der Waals surface area contributed by atoms with Crippen LogP contribution in [0, 0.1) is 0 Å². The summed E-state index contributed by atoms with van der Waals surface area (Å²) < 4.78 is 10.9. The van der Waals surface area contributed by atoms with Gasteiger partial charge in [-0.2, -0.15) is 10.1 Å². The molecule has 2 aliphatic heterocycles. The molecule has 4 heterocycles. The maximum absolute atomic E-state index is 5.51. The summed E-state index contributed by atoms with van der Waals surface area (Å²) in [4.78, 5) is 9.25. The molecule has 0 amide bonds. The Hall–Kier alpha value is -2.06. The molecule has 0 spiro atoms. The largest absolute Gasteiger partial charge is 0.381 e. The minimum atomic E-state index is 0.349. The minimum Gasteiger partial charge on any atom is -0.381 e. The summed E-state index contributed by atoms with van der Waals surface area (Å²) in [6.45, 7) is 4.21. The Morgan fingerprint density at radius 1 is 1.14 bits per heavy atom. The monoisotopic (exact) mass is 384 g/mol. The third kappa shape index (κ3) is 3.63. The van der Waals surface area contributed by atoms with Crippen LogP contribution in [0.25, 0.3) is 0 Å². The lowest BCUT2D eigenvalue weighted by molar-refractivity contribution is 0.0778. The first-order valence-electron chi connectivity index (χ1n) is 10.5. The summed E-state index contributed by atoms with van der Waals surface area (Å²) >= 11 is 0. The van der Waals surface area contributed by atoms with Crippen molar-refractivity contribution in [2.45, 2.75) is 57.0 Å². The highest BCUT2D eigenvalue weighted by molar-refractivity contribution is 5.45. The highest BCUT2D eigenvalue weighted by Gasteiger charge is 2.32. The van der Waals surface area contributed by atoms with Crippen LogP contribution in [0.4, 0.5) is 5.82 Å². The van der Waals surface area contributed by atoms with E-state index in [0.29, 0.717) is 18.5 Å². The van der Waals surface area contributed by atoms with E-state index in [0.717, 1.165) is 69.5 Å². The summed E-state index contributed by atoms with van der Waals surface area (Å²) in [5.74, 6) is 2.91. The van der Waals surface area contributed by atoms with Gasteiger partial charge in [0.15, 0.2) is 11.6 Å². The third-order valence-corrected chi connectivity index (χ3v) is 6.31. The number of aryl methyl sites for hydroxylation is 2. The lowest BCUT2D eigenvalue weighted by atomic mass is 9.96. The highest BCUT2D eigenvalue weighted by Crippen LogP contribution is 2.27. The average molecular weight is 384 g/mol. The van der Waals surface area contributed by atoms with E-state index in [-0.39, 0.29) is 0 Å². The zero-order valence-corrected chi connectivity index (χ0v) is 16.5. The van der Waals surface area contributed by atoms with E-state index < -0.39 is 0 Å². The number of likely N-dealkylation sites (N-methyl/N-ethyl adjacent to an activating group) is 1. The molecule has 2 aromatic heterocycles. The van der Waals surface area contributed by atoms with Crippen molar-refractivity contribution in [1.29, 1.82) is 0 Å². The number of rotatable bonds is 5. The normalized spacial score (nSPS) is 21.0. The van der Waals surface area contributed by atoms with Gasteiger partial charge in [0.25, 0.3) is 0 Å². The van der Waals surface area contributed by atoms with E-state index in [1.165, 1.54) is 24.1 Å². The molecule has 0 atom stereocenters. The molecule has 8 nitrogen and oxygen atoms in total. The summed E-state index contributed by atoms with van der Waals surface area (Å²) in [5, 5.41) is 13.1. The van der Waals surface area contributed by atoms with Crippen molar-refractivity contribution >= 4 is 5.82 Å². The molecule has 3 aliphatic rings. The molecular weight excluding hydrogens is 356 g/mol. The molecule has 0 radical (unpaired) electrons. The van der Waals surface area contributed by atoms with Crippen molar-refractivity contribution in [2.75, 3.05) is 38.3 Å². The predicted molar refractivity (Wildman–Crippen MR) is 103 cm³/mol. The Morgan fingerprint density at radius 2 is 1.96 bits per heavy atom. The molecule has 28 heavy (non-hydrogen) atoms. The van der Waals surface area contributed by atoms with Gasteiger partial charge in [-0.05, 0) is 57.2 Å². The predicted octanol–water partition coefficient (Wildman–Crippen LogP) is 1.95. The molecule has 2 fully saturated rings. The van der Waals surface area contributed by atoms with Crippen LogP contribution in [0.2, 0.25) is 0 Å². The summed E-state index contributed by atoms with van der Waals surface area (Å²) in [6, 6.07) is 2.72. The first kappa shape index (κ1) is 18.0. The van der Waals surface area contributed by atoms with E-state index in [4.69, 9.17) is 9.26 Å². The van der Waals surface area contributed by atoms with Crippen LogP contribution in [-0.2, 0) is 24.1 Å². The van der Waals surface area contributed by atoms with Gasteiger partial charge in [0, 0.05) is 38.3 Å². The zero-order chi connectivity index (χ0) is 18.9. The van der Waals surface area contributed by atoms with E-state index in [1.807, 2.05) is 0 Å². The van der Waals surface area contributed by atoms with Crippen LogP contribution < -0.4 is 4.90 Å². The topological polar surface area (TPSA) is 80.4 Å². The second-order valence-corrected chi connectivity index (χ2v) is 8.29. The van der Waals surface area contributed by atoms with Crippen LogP contribution in [0.5, 0.6) is 0 Å². The number of nitrogens with zero attached hydrogens (tertiary/aromatic N) is 6. The third-order valence-electron chi connectivity index (χ3n) is 6.31. The van der Waals surface area contributed by atoms with E-state index in [2.05, 4.69) is 43.3 Å². The van der Waals surface area contributed by atoms with E-state index in [1.54, 1.807) is 0 Å². The first-order chi connectivity index (χ1) is 13.8. The smallest absolute Gasteiger partial charge is 0.229 e. The fourth-order valence-corrected chi connectivity index (χ4v) is 4.35. The van der Waals surface area contributed by atoms with Crippen molar-refractivity contribution in [3.63, 3.8) is 0 Å². The highest BCUT2D eigenvalue weighted by atomic mass is 16.5. The zero-order valence-electron chi connectivity index (χ0n) is 16.5. The number of hydrogen-bond donors (Lipinski definition) is 0. The van der Waals surface area contributed by atoms with Gasteiger partial charge >= 0.3 is 0 Å². The van der Waals surface area contributed by atoms with Crippen molar-refractivity contribution in [1.82, 2.24) is 25.2 Å². The Bertz CT molecular complexity index is 813. The number of hydrogen-bond acceptors (Lipinski definition) is 8. The van der Waals surface area contributed by atoms with Crippen molar-refractivity contribution in [3.8, 4) is 0 Å². The molecule has 0 bridgehead atoms.